The first kappa shape index (κ1) is 22.2. The predicted octanol–water partition coefficient (Wildman–Crippen LogP) is 3.95. The first-order chi connectivity index (χ1) is 15.1. The number of nitrogens with one attached hydrogen (secondary N) is 2. The lowest BCUT2D eigenvalue weighted by Crippen LogP contribution is -2.34. The van der Waals surface area contributed by atoms with E-state index in [-0.39, 0.29) is 23.1 Å². The maximum Gasteiger partial charge on any atom is 0.225 e. The predicted molar refractivity (Wildman–Crippen MR) is 129 cm³/mol. The van der Waals surface area contributed by atoms with E-state index < -0.39 is 0 Å². The van der Waals surface area contributed by atoms with E-state index >= 15 is 0 Å². The Morgan fingerprint density at radius 1 is 1.12 bits per heavy atom. The van der Waals surface area contributed by atoms with Crippen LogP contribution in [0.3, 0.4) is 0 Å². The number of nitrogens with zero attached hydrogens (tertiary/aromatic N) is 2. The molecule has 0 aromatic heterocycles. The van der Waals surface area contributed by atoms with E-state index in [4.69, 9.17) is 0 Å². The normalized spacial score (nSPS) is 19.7. The number of likely N-dealkylation sites (tertiary alicyclic amines) is 1. The molecule has 6 heteroatoms. The molecule has 1 atom stereocenters. The second-order valence-electron chi connectivity index (χ2n) is 9.95. The molecule has 0 saturated carbocycles. The summed E-state index contributed by atoms with van der Waals surface area (Å²) in [5.74, 6) is -0.264. The highest BCUT2D eigenvalue weighted by Crippen LogP contribution is 2.40. The monoisotopic (exact) mass is 434 g/mol. The van der Waals surface area contributed by atoms with Crippen LogP contribution in [0.1, 0.15) is 43.4 Å². The van der Waals surface area contributed by atoms with E-state index in [1.165, 1.54) is 11.3 Å². The fraction of sp³-hybridized carbons (Fsp3) is 0.462. The molecule has 2 aliphatic rings. The Kier molecular flexibility index (Phi) is 5.89. The quantitative estimate of drug-likeness (QED) is 0.748. The summed E-state index contributed by atoms with van der Waals surface area (Å²) < 4.78 is 0. The number of amides is 2. The van der Waals surface area contributed by atoms with E-state index in [1.807, 2.05) is 6.07 Å². The summed E-state index contributed by atoms with van der Waals surface area (Å²) in [5.41, 5.74) is 7.18. The molecule has 2 heterocycles. The van der Waals surface area contributed by atoms with Crippen molar-refractivity contribution in [1.82, 2.24) is 10.2 Å². The number of hydrogen-bond donors (Lipinski definition) is 2. The van der Waals surface area contributed by atoms with Crippen LogP contribution in [0.25, 0.3) is 0 Å². The Hall–Kier alpha value is -3.02. The van der Waals surface area contributed by atoms with Crippen molar-refractivity contribution in [3.05, 3.63) is 53.1 Å². The molecular weight excluding hydrogens is 400 g/mol. The zero-order chi connectivity index (χ0) is 23.0. The minimum atomic E-state index is -0.248. The molecule has 6 nitrogen and oxygen atoms in total. The Balaban J connectivity index is 1.42. The fourth-order valence-electron chi connectivity index (χ4n) is 4.70. The zero-order valence-corrected chi connectivity index (χ0v) is 19.8. The van der Waals surface area contributed by atoms with Crippen LogP contribution in [0.15, 0.2) is 36.4 Å². The number of rotatable bonds is 5. The first-order valence-electron chi connectivity index (χ1n) is 11.4. The van der Waals surface area contributed by atoms with Crippen LogP contribution in [0, 0.1) is 12.8 Å². The lowest BCUT2D eigenvalue weighted by atomic mass is 9.77. The average molecular weight is 435 g/mol. The minimum absolute atomic E-state index is 0.0358. The summed E-state index contributed by atoms with van der Waals surface area (Å²) in [5, 5.41) is 6.56. The maximum atomic E-state index is 12.4. The first-order valence-corrected chi connectivity index (χ1v) is 11.4. The van der Waals surface area contributed by atoms with Gasteiger partial charge in [0.05, 0.1) is 5.92 Å². The number of fused-ring (bicyclic) bond motifs is 1. The number of benzene rings is 2. The Morgan fingerprint density at radius 2 is 1.91 bits per heavy atom. The van der Waals surface area contributed by atoms with Gasteiger partial charge in [-0.05, 0) is 59.7 Å². The standard InChI is InChI=1S/C26H34N4O2/c1-17-12-18(15-27-25(32)19-13-24(31)30(5)16-19)6-8-22(17)28-20-7-9-23-21(14-20)26(2,3)10-11-29(23)4/h6-9,12,14,19,28H,10-11,13,15-16H2,1-5H3,(H,27,32). The number of carbonyl (C=O) groups is 2. The summed E-state index contributed by atoms with van der Waals surface area (Å²) in [6.07, 6.45) is 1.45. The summed E-state index contributed by atoms with van der Waals surface area (Å²) in [4.78, 5) is 28.0. The van der Waals surface area contributed by atoms with Crippen molar-refractivity contribution < 1.29 is 9.59 Å². The van der Waals surface area contributed by atoms with Gasteiger partial charge in [0.1, 0.15) is 0 Å². The highest BCUT2D eigenvalue weighted by molar-refractivity contribution is 5.89. The van der Waals surface area contributed by atoms with Gasteiger partial charge in [0, 0.05) is 57.2 Å². The maximum absolute atomic E-state index is 12.4. The molecule has 2 aromatic carbocycles. The Bertz CT molecular complexity index is 1050. The highest BCUT2D eigenvalue weighted by Gasteiger charge is 2.32. The molecule has 1 unspecified atom stereocenters. The highest BCUT2D eigenvalue weighted by atomic mass is 16.2. The van der Waals surface area contributed by atoms with E-state index in [0.717, 1.165) is 35.5 Å². The van der Waals surface area contributed by atoms with Crippen LogP contribution in [-0.4, -0.2) is 43.9 Å². The summed E-state index contributed by atoms with van der Waals surface area (Å²) >= 11 is 0. The van der Waals surface area contributed by atoms with Crippen molar-refractivity contribution in [2.75, 3.05) is 37.4 Å². The van der Waals surface area contributed by atoms with Gasteiger partial charge in [-0.15, -0.1) is 0 Å². The van der Waals surface area contributed by atoms with Crippen molar-refractivity contribution in [3.8, 4) is 0 Å². The van der Waals surface area contributed by atoms with E-state index in [1.54, 1.807) is 11.9 Å². The molecule has 2 amide bonds. The van der Waals surface area contributed by atoms with Gasteiger partial charge in [0.15, 0.2) is 0 Å². The smallest absolute Gasteiger partial charge is 0.225 e. The number of carbonyl (C=O) groups excluding carboxylic acids is 2. The third-order valence-electron chi connectivity index (χ3n) is 6.96. The minimum Gasteiger partial charge on any atom is -0.374 e. The van der Waals surface area contributed by atoms with Crippen molar-refractivity contribution >= 4 is 28.9 Å². The van der Waals surface area contributed by atoms with Crippen molar-refractivity contribution in [2.45, 2.75) is 45.6 Å². The molecule has 2 aromatic rings. The topological polar surface area (TPSA) is 64.7 Å². The zero-order valence-electron chi connectivity index (χ0n) is 19.8. The lowest BCUT2D eigenvalue weighted by Gasteiger charge is -2.38. The average Bonchev–Trinajstić information content (AvgIpc) is 3.09. The van der Waals surface area contributed by atoms with Crippen LogP contribution in [-0.2, 0) is 21.5 Å². The summed E-state index contributed by atoms with van der Waals surface area (Å²) in [6.45, 7) is 8.76. The number of hydrogen-bond acceptors (Lipinski definition) is 4. The van der Waals surface area contributed by atoms with Gasteiger partial charge in [-0.25, -0.2) is 0 Å². The van der Waals surface area contributed by atoms with Crippen LogP contribution >= 0.6 is 0 Å². The van der Waals surface area contributed by atoms with Crippen molar-refractivity contribution in [2.24, 2.45) is 5.92 Å². The largest absolute Gasteiger partial charge is 0.374 e. The molecular formula is C26H34N4O2. The van der Waals surface area contributed by atoms with Crippen molar-refractivity contribution in [1.29, 1.82) is 0 Å². The van der Waals surface area contributed by atoms with Gasteiger partial charge in [-0.2, -0.15) is 0 Å². The van der Waals surface area contributed by atoms with E-state index in [2.05, 4.69) is 73.7 Å². The fourth-order valence-corrected chi connectivity index (χ4v) is 4.70. The van der Waals surface area contributed by atoms with Crippen LogP contribution in [0.2, 0.25) is 0 Å². The lowest BCUT2D eigenvalue weighted by molar-refractivity contribution is -0.128. The molecule has 2 N–H and O–H groups in total. The molecule has 0 bridgehead atoms. The summed E-state index contributed by atoms with van der Waals surface area (Å²) in [7, 11) is 3.90. The van der Waals surface area contributed by atoms with E-state index in [0.29, 0.717) is 19.5 Å². The van der Waals surface area contributed by atoms with Gasteiger partial charge in [0.2, 0.25) is 11.8 Å². The molecule has 0 spiro atoms. The van der Waals surface area contributed by atoms with Gasteiger partial charge in [0.25, 0.3) is 0 Å². The molecule has 32 heavy (non-hydrogen) atoms. The van der Waals surface area contributed by atoms with Crippen LogP contribution < -0.4 is 15.5 Å². The van der Waals surface area contributed by atoms with Crippen molar-refractivity contribution in [3.63, 3.8) is 0 Å². The number of aryl methyl sites for hydroxylation is 1. The van der Waals surface area contributed by atoms with Crippen LogP contribution in [0.4, 0.5) is 17.1 Å². The van der Waals surface area contributed by atoms with Gasteiger partial charge in [-0.3, -0.25) is 9.59 Å². The molecule has 4 rings (SSSR count). The molecule has 0 radical (unpaired) electrons. The molecule has 1 fully saturated rings. The van der Waals surface area contributed by atoms with Gasteiger partial charge in [-0.1, -0.05) is 26.0 Å². The molecule has 0 aliphatic carbocycles. The third-order valence-corrected chi connectivity index (χ3v) is 6.96. The van der Waals surface area contributed by atoms with E-state index in [9.17, 15) is 9.59 Å². The SMILES string of the molecule is Cc1cc(CNC(=O)C2CC(=O)N(C)C2)ccc1Nc1ccc2c(c1)C(C)(C)CCN2C. The second kappa shape index (κ2) is 8.49. The summed E-state index contributed by atoms with van der Waals surface area (Å²) in [6, 6.07) is 12.8. The van der Waals surface area contributed by atoms with Crippen LogP contribution in [0.5, 0.6) is 0 Å². The van der Waals surface area contributed by atoms with Gasteiger partial charge < -0.3 is 20.4 Å². The Labute approximate surface area is 191 Å². The molecule has 170 valence electrons. The Morgan fingerprint density at radius 3 is 2.59 bits per heavy atom. The second-order valence-corrected chi connectivity index (χ2v) is 9.95. The third kappa shape index (κ3) is 4.45. The van der Waals surface area contributed by atoms with Gasteiger partial charge >= 0.3 is 0 Å². The molecule has 1 saturated heterocycles. The molecule has 2 aliphatic heterocycles. The number of anilines is 3.